The molecule has 0 atom stereocenters. The van der Waals surface area contributed by atoms with E-state index in [-0.39, 0.29) is 11.6 Å². The van der Waals surface area contributed by atoms with Crippen molar-refractivity contribution in [2.45, 2.75) is 0 Å². The Morgan fingerprint density at radius 3 is 2.06 bits per heavy atom. The molecule has 0 unspecified atom stereocenters. The van der Waals surface area contributed by atoms with Crippen molar-refractivity contribution in [2.75, 3.05) is 19.5 Å². The van der Waals surface area contributed by atoms with Crippen LogP contribution in [0.15, 0.2) is 54.7 Å². The van der Waals surface area contributed by atoms with Gasteiger partial charge in [-0.3, -0.25) is 10.1 Å². The van der Waals surface area contributed by atoms with Gasteiger partial charge in [-0.15, -0.1) is 0 Å². The molecule has 0 aliphatic carbocycles. The van der Waals surface area contributed by atoms with Gasteiger partial charge in [-0.1, -0.05) is 6.07 Å². The number of hydrogen-bond acceptors (Lipinski definition) is 6. The average Bonchev–Trinajstić information content (AvgIpc) is 2.74. The summed E-state index contributed by atoms with van der Waals surface area (Å²) < 4.78 is 43.2. The molecule has 0 aliphatic heterocycles. The fraction of sp³-hybridized carbons (Fsp3) is 0.0952. The molecule has 1 heterocycles. The van der Waals surface area contributed by atoms with E-state index in [2.05, 4.69) is 10.3 Å². The minimum Gasteiger partial charge on any atom is -0.496 e. The number of amides is 3. The lowest BCUT2D eigenvalue weighted by Crippen LogP contribution is -2.35. The number of rotatable bonds is 6. The van der Waals surface area contributed by atoms with Gasteiger partial charge in [0.15, 0.2) is 0 Å². The van der Waals surface area contributed by atoms with Gasteiger partial charge in [0.05, 0.1) is 26.1 Å². The van der Waals surface area contributed by atoms with Crippen LogP contribution in [0.2, 0.25) is 0 Å². The van der Waals surface area contributed by atoms with Crippen molar-refractivity contribution in [3.05, 3.63) is 71.9 Å². The number of halogens is 2. The molecule has 2 N–H and O–H groups in total. The zero-order valence-electron chi connectivity index (χ0n) is 16.4. The molecule has 0 saturated carbocycles. The molecule has 0 spiro atoms. The van der Waals surface area contributed by atoms with E-state index >= 15 is 0 Å². The van der Waals surface area contributed by atoms with Crippen molar-refractivity contribution < 1.29 is 32.6 Å². The second kappa shape index (κ2) is 9.53. The molecule has 0 bridgehead atoms. The van der Waals surface area contributed by atoms with Gasteiger partial charge in [0.1, 0.15) is 34.4 Å². The van der Waals surface area contributed by atoms with E-state index < -0.39 is 29.1 Å². The third-order valence-corrected chi connectivity index (χ3v) is 3.96. The number of anilines is 1. The molecule has 0 saturated heterocycles. The highest BCUT2D eigenvalue weighted by Crippen LogP contribution is 2.30. The summed E-state index contributed by atoms with van der Waals surface area (Å²) >= 11 is 0. The van der Waals surface area contributed by atoms with Gasteiger partial charge in [0, 0.05) is 24.3 Å². The van der Waals surface area contributed by atoms with Crippen LogP contribution in [0.5, 0.6) is 23.1 Å². The number of ether oxygens (including phenoxy) is 3. The standard InChI is InChI=1S/C21H17F2N3O5/c1-29-13-8-14(30-2)10-15(9-13)31-18-7-6-12(11-24-18)25-21(28)26-20(27)19-16(22)4-3-5-17(19)23/h3-11H,1-2H3,(H2,25,26,27,28). The van der Waals surface area contributed by atoms with Crippen LogP contribution in [0.4, 0.5) is 19.3 Å². The van der Waals surface area contributed by atoms with Crippen molar-refractivity contribution in [1.82, 2.24) is 10.3 Å². The summed E-state index contributed by atoms with van der Waals surface area (Å²) in [7, 11) is 3.02. The Labute approximate surface area is 175 Å². The van der Waals surface area contributed by atoms with Crippen molar-refractivity contribution in [3.63, 3.8) is 0 Å². The summed E-state index contributed by atoms with van der Waals surface area (Å²) in [6.07, 6.45) is 1.28. The first-order chi connectivity index (χ1) is 14.9. The predicted octanol–water partition coefficient (Wildman–Crippen LogP) is 4.13. The molecular weight excluding hydrogens is 412 g/mol. The summed E-state index contributed by atoms with van der Waals surface area (Å²) in [5, 5.41) is 4.19. The third kappa shape index (κ3) is 5.44. The maximum absolute atomic E-state index is 13.6. The number of benzene rings is 2. The van der Waals surface area contributed by atoms with Crippen molar-refractivity contribution in [2.24, 2.45) is 0 Å². The predicted molar refractivity (Wildman–Crippen MR) is 107 cm³/mol. The lowest BCUT2D eigenvalue weighted by molar-refractivity contribution is 0.0959. The summed E-state index contributed by atoms with van der Waals surface area (Å²) in [4.78, 5) is 28.0. The Hall–Kier alpha value is -4.21. The van der Waals surface area contributed by atoms with Crippen LogP contribution in [0.3, 0.4) is 0 Å². The number of urea groups is 1. The number of imide groups is 1. The Morgan fingerprint density at radius 2 is 1.52 bits per heavy atom. The van der Waals surface area contributed by atoms with Gasteiger partial charge < -0.3 is 19.5 Å². The van der Waals surface area contributed by atoms with Gasteiger partial charge in [-0.25, -0.2) is 18.6 Å². The van der Waals surface area contributed by atoms with Crippen LogP contribution in [-0.2, 0) is 0 Å². The maximum atomic E-state index is 13.6. The fourth-order valence-electron chi connectivity index (χ4n) is 2.52. The molecule has 3 aromatic rings. The smallest absolute Gasteiger partial charge is 0.326 e. The van der Waals surface area contributed by atoms with Gasteiger partial charge in [-0.2, -0.15) is 0 Å². The molecule has 160 valence electrons. The Balaban J connectivity index is 1.63. The summed E-state index contributed by atoms with van der Waals surface area (Å²) in [5.74, 6) is -1.69. The van der Waals surface area contributed by atoms with Crippen LogP contribution in [0.25, 0.3) is 0 Å². The fourth-order valence-corrected chi connectivity index (χ4v) is 2.52. The number of carbonyl (C=O) groups is 2. The number of nitrogens with one attached hydrogen (secondary N) is 2. The molecule has 8 nitrogen and oxygen atoms in total. The van der Waals surface area contributed by atoms with Gasteiger partial charge in [0.25, 0.3) is 5.91 Å². The van der Waals surface area contributed by atoms with Crippen molar-refractivity contribution in [3.8, 4) is 23.1 Å². The second-order valence-electron chi connectivity index (χ2n) is 6.04. The molecule has 0 aliphatic rings. The largest absolute Gasteiger partial charge is 0.496 e. The molecule has 0 fully saturated rings. The van der Waals surface area contributed by atoms with E-state index in [1.807, 2.05) is 5.32 Å². The Morgan fingerprint density at radius 1 is 0.903 bits per heavy atom. The highest BCUT2D eigenvalue weighted by molar-refractivity contribution is 6.08. The quantitative estimate of drug-likeness (QED) is 0.611. The molecule has 10 heteroatoms. The van der Waals surface area contributed by atoms with Crippen molar-refractivity contribution in [1.29, 1.82) is 0 Å². The van der Waals surface area contributed by atoms with Crippen LogP contribution < -0.4 is 24.8 Å². The van der Waals surface area contributed by atoms with Crippen LogP contribution in [0, 0.1) is 11.6 Å². The molecule has 3 rings (SSSR count). The van der Waals surface area contributed by atoms with Gasteiger partial charge in [0.2, 0.25) is 5.88 Å². The maximum Gasteiger partial charge on any atom is 0.326 e. The number of pyridine rings is 1. The van der Waals surface area contributed by atoms with E-state index in [0.29, 0.717) is 17.2 Å². The minimum atomic E-state index is -1.21. The topological polar surface area (TPSA) is 98.8 Å². The van der Waals surface area contributed by atoms with Gasteiger partial charge >= 0.3 is 6.03 Å². The Bertz CT molecular complexity index is 1060. The molecule has 0 radical (unpaired) electrons. The summed E-state index contributed by atoms with van der Waals surface area (Å²) in [6, 6.07) is 9.84. The lowest BCUT2D eigenvalue weighted by Gasteiger charge is -2.10. The molecule has 2 aromatic carbocycles. The van der Waals surface area contributed by atoms with E-state index in [9.17, 15) is 18.4 Å². The first kappa shape index (κ1) is 21.5. The third-order valence-electron chi connectivity index (χ3n) is 3.96. The SMILES string of the molecule is COc1cc(OC)cc(Oc2ccc(NC(=O)NC(=O)c3c(F)cccc3F)cn2)c1. The molecular formula is C21H17F2N3O5. The number of hydrogen-bond donors (Lipinski definition) is 2. The van der Waals surface area contributed by atoms with E-state index in [0.717, 1.165) is 18.2 Å². The number of aromatic nitrogens is 1. The lowest BCUT2D eigenvalue weighted by atomic mass is 10.2. The van der Waals surface area contributed by atoms with E-state index in [4.69, 9.17) is 14.2 Å². The van der Waals surface area contributed by atoms with Gasteiger partial charge in [-0.05, 0) is 18.2 Å². The van der Waals surface area contributed by atoms with Crippen LogP contribution in [-0.4, -0.2) is 31.1 Å². The Kier molecular flexibility index (Phi) is 6.61. The molecule has 3 amide bonds. The summed E-state index contributed by atoms with van der Waals surface area (Å²) in [5.41, 5.74) is -0.636. The minimum absolute atomic E-state index is 0.214. The van der Waals surface area contributed by atoms with E-state index in [1.54, 1.807) is 18.2 Å². The van der Waals surface area contributed by atoms with Crippen LogP contribution in [0.1, 0.15) is 10.4 Å². The highest BCUT2D eigenvalue weighted by atomic mass is 19.1. The van der Waals surface area contributed by atoms with Crippen molar-refractivity contribution >= 4 is 17.6 Å². The molecule has 1 aromatic heterocycles. The second-order valence-corrected chi connectivity index (χ2v) is 6.04. The normalized spacial score (nSPS) is 10.2. The summed E-state index contributed by atoms with van der Waals surface area (Å²) in [6.45, 7) is 0. The van der Waals surface area contributed by atoms with Crippen LogP contribution >= 0.6 is 0 Å². The first-order valence-corrected chi connectivity index (χ1v) is 8.83. The number of carbonyl (C=O) groups excluding carboxylic acids is 2. The molecule has 31 heavy (non-hydrogen) atoms. The monoisotopic (exact) mass is 429 g/mol. The van der Waals surface area contributed by atoms with E-state index in [1.165, 1.54) is 32.5 Å². The highest BCUT2D eigenvalue weighted by Gasteiger charge is 2.19. The first-order valence-electron chi connectivity index (χ1n) is 8.83. The zero-order chi connectivity index (χ0) is 22.4. The zero-order valence-corrected chi connectivity index (χ0v) is 16.4. The number of methoxy groups -OCH3 is 2. The average molecular weight is 429 g/mol. The number of nitrogens with zero attached hydrogens (tertiary/aromatic N) is 1.